The van der Waals surface area contributed by atoms with E-state index in [1.165, 1.54) is 167 Å². The number of unbranched alkanes of at least 4 members (excludes halogenated alkanes) is 34. The van der Waals surface area contributed by atoms with Gasteiger partial charge in [0.05, 0.1) is 25.4 Å². The van der Waals surface area contributed by atoms with Gasteiger partial charge >= 0.3 is 5.97 Å². The molecule has 0 aromatic heterocycles. The largest absolute Gasteiger partial charge is 0.454 e. The molecule has 0 bridgehead atoms. The number of ether oxygens (including phenoxy) is 3. The Hall–Kier alpha value is -2.12. The minimum Gasteiger partial charge on any atom is -0.454 e. The van der Waals surface area contributed by atoms with Crippen molar-refractivity contribution in [1.82, 2.24) is 5.32 Å². The molecule has 428 valence electrons. The minimum atomic E-state index is -1.61. The molecule has 1 saturated heterocycles. The Balaban J connectivity index is 2.69. The number of aliphatic hydroxyl groups is 5. The van der Waals surface area contributed by atoms with Crippen LogP contribution in [0.1, 0.15) is 284 Å². The van der Waals surface area contributed by atoms with Gasteiger partial charge < -0.3 is 45.1 Å². The number of esters is 1. The van der Waals surface area contributed by atoms with Crippen LogP contribution in [-0.2, 0) is 23.8 Å². The Morgan fingerprint density at radius 3 is 1.42 bits per heavy atom. The van der Waals surface area contributed by atoms with Crippen molar-refractivity contribution in [1.29, 1.82) is 0 Å². The summed E-state index contributed by atoms with van der Waals surface area (Å²) in [5, 5.41) is 56.9. The first kappa shape index (κ1) is 68.9. The molecule has 1 rings (SSSR count). The summed E-state index contributed by atoms with van der Waals surface area (Å²) < 4.78 is 17.6. The number of rotatable bonds is 52. The van der Waals surface area contributed by atoms with Gasteiger partial charge in [-0.25, -0.2) is 0 Å². The lowest BCUT2D eigenvalue weighted by atomic mass is 9.99. The molecule has 6 N–H and O–H groups in total. The quantitative estimate of drug-likeness (QED) is 0.0195. The van der Waals surface area contributed by atoms with Crippen molar-refractivity contribution < 1.29 is 49.3 Å². The molecule has 1 fully saturated rings. The van der Waals surface area contributed by atoms with Gasteiger partial charge in [-0.3, -0.25) is 9.59 Å². The van der Waals surface area contributed by atoms with E-state index in [9.17, 15) is 35.1 Å². The van der Waals surface area contributed by atoms with Gasteiger partial charge in [-0.1, -0.05) is 256 Å². The molecule has 0 radical (unpaired) electrons. The number of amides is 1. The molecule has 0 aromatic rings. The third kappa shape index (κ3) is 39.0. The third-order valence-electron chi connectivity index (χ3n) is 14.5. The first-order valence-corrected chi connectivity index (χ1v) is 30.8. The Morgan fingerprint density at radius 2 is 0.945 bits per heavy atom. The number of allylic oxidation sites excluding steroid dienone is 5. The summed E-state index contributed by atoms with van der Waals surface area (Å²) in [5.41, 5.74) is 0. The zero-order valence-corrected chi connectivity index (χ0v) is 47.3. The van der Waals surface area contributed by atoms with Crippen molar-refractivity contribution in [2.24, 2.45) is 0 Å². The van der Waals surface area contributed by atoms with E-state index >= 15 is 0 Å². The van der Waals surface area contributed by atoms with Gasteiger partial charge in [-0.2, -0.15) is 0 Å². The Morgan fingerprint density at radius 1 is 0.534 bits per heavy atom. The Labute approximate surface area is 447 Å². The number of aliphatic hydroxyl groups excluding tert-OH is 5. The number of nitrogens with one attached hydrogen (secondary N) is 1. The maximum atomic E-state index is 13.4. The maximum absolute atomic E-state index is 13.4. The van der Waals surface area contributed by atoms with Gasteiger partial charge in [0.2, 0.25) is 5.91 Å². The molecule has 1 amide bonds. The Bertz CT molecular complexity index is 1330. The van der Waals surface area contributed by atoms with Crippen LogP contribution in [0.15, 0.2) is 36.5 Å². The molecular formula is C62H115NO10. The number of carbonyl (C=O) groups is 2. The first-order chi connectivity index (χ1) is 35.7. The predicted octanol–water partition coefficient (Wildman–Crippen LogP) is 14.3. The highest BCUT2D eigenvalue weighted by molar-refractivity contribution is 5.80. The van der Waals surface area contributed by atoms with E-state index < -0.39 is 67.4 Å². The average Bonchev–Trinajstić information content (AvgIpc) is 3.39. The van der Waals surface area contributed by atoms with Crippen LogP contribution in [0.25, 0.3) is 0 Å². The summed E-state index contributed by atoms with van der Waals surface area (Å²) >= 11 is 0. The second-order valence-electron chi connectivity index (χ2n) is 21.4. The zero-order valence-electron chi connectivity index (χ0n) is 47.3. The predicted molar refractivity (Wildman–Crippen MR) is 301 cm³/mol. The molecule has 1 aliphatic heterocycles. The second kappa shape index (κ2) is 50.7. The molecule has 1 heterocycles. The highest BCUT2D eigenvalue weighted by atomic mass is 16.7. The molecule has 8 atom stereocenters. The minimum absolute atomic E-state index is 0.128. The normalized spacial score (nSPS) is 19.6. The SMILES string of the molecule is CCCCC/C=C\C/C=C\CCCCCCCCCCC(O)C(=O)NC(COC1OC(CO)C(O)C(O)C1OC(=O)CCCCCCCCCCCCCCCC)C(O)/C=C/CCCCCCCCCCCC. The van der Waals surface area contributed by atoms with Gasteiger partial charge in [0.25, 0.3) is 0 Å². The van der Waals surface area contributed by atoms with E-state index in [0.29, 0.717) is 12.8 Å². The van der Waals surface area contributed by atoms with Crippen LogP contribution < -0.4 is 5.32 Å². The molecule has 11 heteroatoms. The van der Waals surface area contributed by atoms with Gasteiger partial charge in [-0.15, -0.1) is 0 Å². The van der Waals surface area contributed by atoms with Crippen LogP contribution in [0.2, 0.25) is 0 Å². The molecule has 73 heavy (non-hydrogen) atoms. The van der Waals surface area contributed by atoms with Gasteiger partial charge in [0.1, 0.15) is 24.4 Å². The molecule has 0 spiro atoms. The third-order valence-corrected chi connectivity index (χ3v) is 14.5. The van der Waals surface area contributed by atoms with E-state index in [2.05, 4.69) is 50.4 Å². The van der Waals surface area contributed by atoms with Crippen LogP contribution >= 0.6 is 0 Å². The van der Waals surface area contributed by atoms with Gasteiger partial charge in [0.15, 0.2) is 12.4 Å². The van der Waals surface area contributed by atoms with E-state index in [4.69, 9.17) is 14.2 Å². The van der Waals surface area contributed by atoms with Crippen molar-refractivity contribution in [3.63, 3.8) is 0 Å². The van der Waals surface area contributed by atoms with Crippen LogP contribution in [0, 0.1) is 0 Å². The molecule has 11 nitrogen and oxygen atoms in total. The number of hydrogen-bond acceptors (Lipinski definition) is 10. The van der Waals surface area contributed by atoms with Crippen LogP contribution in [0.4, 0.5) is 0 Å². The lowest BCUT2D eigenvalue weighted by Crippen LogP contribution is -2.61. The molecule has 0 saturated carbocycles. The van der Waals surface area contributed by atoms with Crippen LogP contribution in [0.5, 0.6) is 0 Å². The van der Waals surface area contributed by atoms with Crippen LogP contribution in [-0.4, -0.2) is 99.6 Å². The molecule has 8 unspecified atom stereocenters. The highest BCUT2D eigenvalue weighted by Crippen LogP contribution is 2.26. The van der Waals surface area contributed by atoms with E-state index in [0.717, 1.165) is 70.6 Å². The molecular weight excluding hydrogens is 919 g/mol. The van der Waals surface area contributed by atoms with E-state index in [1.54, 1.807) is 6.08 Å². The van der Waals surface area contributed by atoms with Crippen LogP contribution in [0.3, 0.4) is 0 Å². The molecule has 0 aliphatic carbocycles. The number of hydrogen-bond donors (Lipinski definition) is 6. The summed E-state index contributed by atoms with van der Waals surface area (Å²) in [6.07, 6.45) is 48.9. The monoisotopic (exact) mass is 1030 g/mol. The molecule has 0 aromatic carbocycles. The first-order valence-electron chi connectivity index (χ1n) is 30.8. The number of carbonyl (C=O) groups excluding carboxylic acids is 2. The highest BCUT2D eigenvalue weighted by Gasteiger charge is 2.47. The van der Waals surface area contributed by atoms with Gasteiger partial charge in [0, 0.05) is 6.42 Å². The summed E-state index contributed by atoms with van der Waals surface area (Å²) in [6, 6.07) is -1.02. The van der Waals surface area contributed by atoms with E-state index in [1.807, 2.05) is 6.08 Å². The lowest BCUT2D eigenvalue weighted by Gasteiger charge is -2.41. The second-order valence-corrected chi connectivity index (χ2v) is 21.4. The average molecular weight is 1030 g/mol. The van der Waals surface area contributed by atoms with Crippen molar-refractivity contribution in [3.8, 4) is 0 Å². The van der Waals surface area contributed by atoms with Crippen molar-refractivity contribution in [2.45, 2.75) is 333 Å². The standard InChI is InChI=1S/C62H115NO10/c1-4-7-10-13-16-19-22-25-27-28-29-30-31-34-37-40-43-46-49-55(66)61(70)63-53(54(65)48-45-42-39-36-33-24-21-18-15-12-9-6-3)52-71-62-60(59(69)58(68)56(51-64)72-62)73-57(67)50-47-44-41-38-35-32-26-23-20-17-14-11-8-5-2/h16,19,25,27,45,48,53-56,58-60,62,64-66,68-69H,4-15,17-18,20-24,26,28-44,46-47,49-52H2,1-3H3,(H,63,70)/b19-16-,27-25-,48-45+. The smallest absolute Gasteiger partial charge is 0.306 e. The fourth-order valence-corrected chi connectivity index (χ4v) is 9.62. The van der Waals surface area contributed by atoms with Crippen molar-refractivity contribution >= 4 is 11.9 Å². The Kier molecular flexibility index (Phi) is 47.8. The van der Waals surface area contributed by atoms with Crippen molar-refractivity contribution in [3.05, 3.63) is 36.5 Å². The lowest BCUT2D eigenvalue weighted by molar-refractivity contribution is -0.305. The van der Waals surface area contributed by atoms with Gasteiger partial charge in [-0.05, 0) is 57.8 Å². The van der Waals surface area contributed by atoms with Crippen molar-refractivity contribution in [2.75, 3.05) is 13.2 Å². The zero-order chi connectivity index (χ0) is 53.3. The fraction of sp³-hybridized carbons (Fsp3) is 0.871. The fourth-order valence-electron chi connectivity index (χ4n) is 9.62. The maximum Gasteiger partial charge on any atom is 0.306 e. The molecule has 1 aliphatic rings. The summed E-state index contributed by atoms with van der Waals surface area (Å²) in [4.78, 5) is 26.5. The van der Waals surface area contributed by atoms with E-state index in [-0.39, 0.29) is 19.4 Å². The topological polar surface area (TPSA) is 175 Å². The summed E-state index contributed by atoms with van der Waals surface area (Å²) in [6.45, 7) is 5.77. The summed E-state index contributed by atoms with van der Waals surface area (Å²) in [7, 11) is 0. The summed E-state index contributed by atoms with van der Waals surface area (Å²) in [5.74, 6) is -1.19.